The zero-order valence-electron chi connectivity index (χ0n) is 7.72. The average Bonchev–Trinajstić information content (AvgIpc) is 2.52. The number of halogens is 2. The van der Waals surface area contributed by atoms with Crippen molar-refractivity contribution >= 4 is 29.2 Å². The number of nitrogens with one attached hydrogen (secondary N) is 1. The first kappa shape index (κ1) is 10.7. The van der Waals surface area contributed by atoms with Crippen molar-refractivity contribution in [2.75, 3.05) is 17.1 Å². The first-order valence-corrected chi connectivity index (χ1v) is 5.05. The summed E-state index contributed by atoms with van der Waals surface area (Å²) in [6.45, 7) is 1.96. The predicted octanol–water partition coefficient (Wildman–Crippen LogP) is 2.07. The maximum Gasteiger partial charge on any atom is 0.203 e. The van der Waals surface area contributed by atoms with Gasteiger partial charge in [-0.05, 0) is 6.92 Å². The van der Waals surface area contributed by atoms with Crippen molar-refractivity contribution in [3.05, 3.63) is 12.4 Å². The van der Waals surface area contributed by atoms with Crippen LogP contribution in [0.15, 0.2) is 12.4 Å². The fourth-order valence-corrected chi connectivity index (χ4v) is 1.28. The van der Waals surface area contributed by atoms with E-state index in [1.54, 1.807) is 6.20 Å². The van der Waals surface area contributed by atoms with Crippen LogP contribution in [-0.4, -0.2) is 26.9 Å². The molecular weight excluding hydrogens is 209 g/mol. The smallest absolute Gasteiger partial charge is 0.203 e. The van der Waals surface area contributed by atoms with Gasteiger partial charge >= 0.3 is 0 Å². The topological polar surface area (TPSA) is 29.9 Å². The SMILES string of the molecule is Cn1ccnc1NC(C)(CCl)CCl. The van der Waals surface area contributed by atoms with Gasteiger partial charge in [0.15, 0.2) is 0 Å². The van der Waals surface area contributed by atoms with Gasteiger partial charge in [-0.2, -0.15) is 0 Å². The highest BCUT2D eigenvalue weighted by atomic mass is 35.5. The van der Waals surface area contributed by atoms with Gasteiger partial charge in [0.1, 0.15) is 0 Å². The van der Waals surface area contributed by atoms with E-state index in [9.17, 15) is 0 Å². The van der Waals surface area contributed by atoms with Crippen molar-refractivity contribution in [1.82, 2.24) is 9.55 Å². The molecule has 1 N–H and O–H groups in total. The molecule has 1 aromatic rings. The minimum Gasteiger partial charge on any atom is -0.348 e. The Kier molecular flexibility index (Phi) is 3.45. The molecule has 0 unspecified atom stereocenters. The molecule has 0 radical (unpaired) electrons. The van der Waals surface area contributed by atoms with Crippen LogP contribution in [-0.2, 0) is 7.05 Å². The summed E-state index contributed by atoms with van der Waals surface area (Å²) in [6.07, 6.45) is 3.59. The molecule has 0 amide bonds. The number of hydrogen-bond acceptors (Lipinski definition) is 2. The Morgan fingerprint density at radius 1 is 1.54 bits per heavy atom. The number of rotatable bonds is 4. The molecule has 1 aromatic heterocycles. The number of imidazole rings is 1. The van der Waals surface area contributed by atoms with E-state index in [1.807, 2.05) is 24.7 Å². The second-order valence-corrected chi connectivity index (χ2v) is 3.85. The molecule has 0 fully saturated rings. The quantitative estimate of drug-likeness (QED) is 0.790. The zero-order chi connectivity index (χ0) is 9.90. The maximum absolute atomic E-state index is 5.79. The maximum atomic E-state index is 5.79. The second-order valence-electron chi connectivity index (χ2n) is 3.31. The molecule has 1 heterocycles. The molecule has 3 nitrogen and oxygen atoms in total. The highest BCUT2D eigenvalue weighted by molar-refractivity contribution is 6.22. The third kappa shape index (κ3) is 2.51. The van der Waals surface area contributed by atoms with Crippen molar-refractivity contribution in [2.45, 2.75) is 12.5 Å². The summed E-state index contributed by atoms with van der Waals surface area (Å²) < 4.78 is 1.89. The molecule has 0 aliphatic heterocycles. The Hall–Kier alpha value is -0.410. The lowest BCUT2D eigenvalue weighted by molar-refractivity contribution is 0.634. The van der Waals surface area contributed by atoms with Gasteiger partial charge in [0, 0.05) is 31.2 Å². The number of aromatic nitrogens is 2. The van der Waals surface area contributed by atoms with Crippen molar-refractivity contribution in [2.24, 2.45) is 7.05 Å². The third-order valence-electron chi connectivity index (χ3n) is 1.82. The van der Waals surface area contributed by atoms with Crippen molar-refractivity contribution in [3.63, 3.8) is 0 Å². The fraction of sp³-hybridized carbons (Fsp3) is 0.625. The third-order valence-corrected chi connectivity index (χ3v) is 3.00. The molecule has 1 rings (SSSR count). The minimum atomic E-state index is -0.303. The summed E-state index contributed by atoms with van der Waals surface area (Å²) in [5, 5.41) is 3.19. The van der Waals surface area contributed by atoms with Gasteiger partial charge in [-0.15, -0.1) is 23.2 Å². The summed E-state index contributed by atoms with van der Waals surface area (Å²) in [5.74, 6) is 1.68. The highest BCUT2D eigenvalue weighted by Gasteiger charge is 2.22. The Morgan fingerprint density at radius 2 is 2.15 bits per heavy atom. The van der Waals surface area contributed by atoms with Crippen molar-refractivity contribution in [1.29, 1.82) is 0 Å². The molecule has 13 heavy (non-hydrogen) atoms. The van der Waals surface area contributed by atoms with Gasteiger partial charge in [-0.3, -0.25) is 0 Å². The molecule has 0 atom stereocenters. The lowest BCUT2D eigenvalue weighted by atomic mass is 10.1. The van der Waals surface area contributed by atoms with Crippen LogP contribution in [0, 0.1) is 0 Å². The van der Waals surface area contributed by atoms with E-state index in [4.69, 9.17) is 23.2 Å². The standard InChI is InChI=1S/C8H13Cl2N3/c1-8(5-9,6-10)12-7-11-3-4-13(7)2/h3-4H,5-6H2,1-2H3,(H,11,12). The first-order valence-electron chi connectivity index (χ1n) is 3.99. The lowest BCUT2D eigenvalue weighted by Crippen LogP contribution is -2.39. The van der Waals surface area contributed by atoms with E-state index in [2.05, 4.69) is 10.3 Å². The molecule has 0 bridgehead atoms. The van der Waals surface area contributed by atoms with Crippen LogP contribution in [0.5, 0.6) is 0 Å². The van der Waals surface area contributed by atoms with Crippen LogP contribution in [0.2, 0.25) is 0 Å². The molecule has 0 aliphatic carbocycles. The normalized spacial score (nSPS) is 11.7. The van der Waals surface area contributed by atoms with Gasteiger partial charge in [0.25, 0.3) is 0 Å². The fourth-order valence-electron chi connectivity index (χ4n) is 0.859. The second kappa shape index (κ2) is 4.20. The summed E-state index contributed by atoms with van der Waals surface area (Å²) >= 11 is 11.6. The predicted molar refractivity (Wildman–Crippen MR) is 56.7 cm³/mol. The minimum absolute atomic E-state index is 0.303. The van der Waals surface area contributed by atoms with Crippen LogP contribution in [0.25, 0.3) is 0 Å². The van der Waals surface area contributed by atoms with E-state index in [-0.39, 0.29) is 5.54 Å². The van der Waals surface area contributed by atoms with Crippen LogP contribution >= 0.6 is 23.2 Å². The van der Waals surface area contributed by atoms with Gasteiger partial charge in [0.05, 0.1) is 5.54 Å². The Bertz CT molecular complexity index is 268. The Labute approximate surface area is 88.1 Å². The van der Waals surface area contributed by atoms with Crippen molar-refractivity contribution < 1.29 is 0 Å². The summed E-state index contributed by atoms with van der Waals surface area (Å²) in [5.41, 5.74) is -0.303. The molecule has 0 saturated heterocycles. The number of hydrogen-bond donors (Lipinski definition) is 1. The van der Waals surface area contributed by atoms with Gasteiger partial charge in [-0.1, -0.05) is 0 Å². The largest absolute Gasteiger partial charge is 0.348 e. The molecule has 0 aliphatic rings. The Morgan fingerprint density at radius 3 is 2.54 bits per heavy atom. The summed E-state index contributed by atoms with van der Waals surface area (Å²) in [6, 6.07) is 0. The summed E-state index contributed by atoms with van der Waals surface area (Å²) in [4.78, 5) is 4.13. The average molecular weight is 222 g/mol. The van der Waals surface area contributed by atoms with Crippen LogP contribution < -0.4 is 5.32 Å². The van der Waals surface area contributed by atoms with Crippen LogP contribution in [0.4, 0.5) is 5.95 Å². The number of aryl methyl sites for hydroxylation is 1. The zero-order valence-corrected chi connectivity index (χ0v) is 9.23. The number of anilines is 1. The van der Waals surface area contributed by atoms with Crippen LogP contribution in [0.1, 0.15) is 6.92 Å². The molecule has 5 heteroatoms. The molecule has 0 spiro atoms. The number of nitrogens with zero attached hydrogens (tertiary/aromatic N) is 2. The van der Waals surface area contributed by atoms with E-state index < -0.39 is 0 Å². The van der Waals surface area contributed by atoms with E-state index in [0.29, 0.717) is 11.8 Å². The van der Waals surface area contributed by atoms with E-state index >= 15 is 0 Å². The lowest BCUT2D eigenvalue weighted by Gasteiger charge is -2.26. The molecule has 0 aromatic carbocycles. The van der Waals surface area contributed by atoms with E-state index in [1.165, 1.54) is 0 Å². The van der Waals surface area contributed by atoms with E-state index in [0.717, 1.165) is 5.95 Å². The number of alkyl halides is 2. The molecule has 74 valence electrons. The van der Waals surface area contributed by atoms with Gasteiger partial charge < -0.3 is 9.88 Å². The van der Waals surface area contributed by atoms with Gasteiger partial charge in [-0.25, -0.2) is 4.98 Å². The van der Waals surface area contributed by atoms with Crippen LogP contribution in [0.3, 0.4) is 0 Å². The molecule has 0 saturated carbocycles. The van der Waals surface area contributed by atoms with Crippen molar-refractivity contribution in [3.8, 4) is 0 Å². The first-order chi connectivity index (χ1) is 6.11. The Balaban J connectivity index is 2.73. The van der Waals surface area contributed by atoms with Gasteiger partial charge in [0.2, 0.25) is 5.95 Å². The molecular formula is C8H13Cl2N3. The monoisotopic (exact) mass is 221 g/mol. The summed E-state index contributed by atoms with van der Waals surface area (Å²) in [7, 11) is 1.91. The highest BCUT2D eigenvalue weighted by Crippen LogP contribution is 2.15.